The van der Waals surface area contributed by atoms with Crippen molar-refractivity contribution in [2.75, 3.05) is 12.9 Å². The zero-order valence-electron chi connectivity index (χ0n) is 9.17. The molecule has 1 heterocycles. The van der Waals surface area contributed by atoms with Gasteiger partial charge in [0.05, 0.1) is 24.5 Å². The van der Waals surface area contributed by atoms with E-state index in [1.165, 1.54) is 18.4 Å². The monoisotopic (exact) mass is 262 g/mol. The normalized spacial score (nSPS) is 13.4. The maximum absolute atomic E-state index is 11.7. The van der Waals surface area contributed by atoms with Crippen LogP contribution in [-0.2, 0) is 25.1 Å². The van der Waals surface area contributed by atoms with Gasteiger partial charge in [-0.1, -0.05) is 6.92 Å². The number of esters is 1. The zero-order chi connectivity index (χ0) is 12.2. The first kappa shape index (κ1) is 13.2. The van der Waals surface area contributed by atoms with Crippen LogP contribution >= 0.6 is 11.3 Å². The molecule has 1 rings (SSSR count). The molecule has 0 bridgehead atoms. The second-order valence-electron chi connectivity index (χ2n) is 3.61. The van der Waals surface area contributed by atoms with Crippen molar-refractivity contribution in [3.63, 3.8) is 0 Å². The molecule has 1 atom stereocenters. The van der Waals surface area contributed by atoms with Crippen molar-refractivity contribution in [3.05, 3.63) is 22.4 Å². The predicted octanol–water partition coefficient (Wildman–Crippen LogP) is 1.47. The van der Waals surface area contributed by atoms with Gasteiger partial charge in [-0.05, 0) is 22.4 Å². The molecule has 1 aromatic rings. The minimum absolute atomic E-state index is 0.0160. The summed E-state index contributed by atoms with van der Waals surface area (Å²) in [5.41, 5.74) is 0.766. The lowest BCUT2D eigenvalue weighted by molar-refractivity contribution is -0.144. The van der Waals surface area contributed by atoms with Crippen LogP contribution in [0, 0.1) is 5.92 Å². The quantitative estimate of drug-likeness (QED) is 0.754. The summed E-state index contributed by atoms with van der Waals surface area (Å²) in [6, 6.07) is 1.77. The standard InChI is InChI=1S/C10H14O4S2/c1-8(10(11)14-2)6-16(12,13)7-9-3-4-15-5-9/h3-5,8H,6-7H2,1-2H3. The number of hydrogen-bond acceptors (Lipinski definition) is 5. The largest absolute Gasteiger partial charge is 0.469 e. The molecule has 16 heavy (non-hydrogen) atoms. The Balaban J connectivity index is 2.62. The number of sulfone groups is 1. The lowest BCUT2D eigenvalue weighted by Crippen LogP contribution is -2.23. The second kappa shape index (κ2) is 5.45. The van der Waals surface area contributed by atoms with Gasteiger partial charge in [0.1, 0.15) is 0 Å². The van der Waals surface area contributed by atoms with Crippen LogP contribution in [0.25, 0.3) is 0 Å². The van der Waals surface area contributed by atoms with Crippen molar-refractivity contribution < 1.29 is 17.9 Å². The maximum atomic E-state index is 11.7. The van der Waals surface area contributed by atoms with Crippen LogP contribution in [0.2, 0.25) is 0 Å². The molecule has 0 amide bonds. The van der Waals surface area contributed by atoms with Gasteiger partial charge >= 0.3 is 5.97 Å². The van der Waals surface area contributed by atoms with Gasteiger partial charge in [0.15, 0.2) is 9.84 Å². The molecule has 0 aliphatic heterocycles. The Morgan fingerprint density at radius 2 is 2.25 bits per heavy atom. The van der Waals surface area contributed by atoms with Crippen LogP contribution < -0.4 is 0 Å². The topological polar surface area (TPSA) is 60.4 Å². The van der Waals surface area contributed by atoms with Gasteiger partial charge in [-0.3, -0.25) is 4.79 Å². The molecule has 0 N–H and O–H groups in total. The lowest BCUT2D eigenvalue weighted by atomic mass is 10.2. The smallest absolute Gasteiger partial charge is 0.309 e. The molecule has 4 nitrogen and oxygen atoms in total. The highest BCUT2D eigenvalue weighted by Gasteiger charge is 2.22. The van der Waals surface area contributed by atoms with E-state index in [0.29, 0.717) is 0 Å². The fraction of sp³-hybridized carbons (Fsp3) is 0.500. The number of methoxy groups -OCH3 is 1. The van der Waals surface area contributed by atoms with Gasteiger partial charge in [-0.25, -0.2) is 8.42 Å². The third-order valence-electron chi connectivity index (χ3n) is 2.07. The average Bonchev–Trinajstić information content (AvgIpc) is 2.67. The van der Waals surface area contributed by atoms with E-state index in [2.05, 4.69) is 4.74 Å². The number of ether oxygens (including phenoxy) is 1. The summed E-state index contributed by atoms with van der Waals surface area (Å²) >= 11 is 1.45. The number of rotatable bonds is 5. The second-order valence-corrected chi connectivity index (χ2v) is 6.50. The molecule has 1 unspecified atom stereocenters. The average molecular weight is 262 g/mol. The molecule has 0 fully saturated rings. The SMILES string of the molecule is COC(=O)C(C)CS(=O)(=O)Cc1ccsc1. The molecular weight excluding hydrogens is 248 g/mol. The van der Waals surface area contributed by atoms with E-state index in [4.69, 9.17) is 0 Å². The highest BCUT2D eigenvalue weighted by molar-refractivity contribution is 7.90. The first-order valence-corrected chi connectivity index (χ1v) is 7.50. The van der Waals surface area contributed by atoms with E-state index >= 15 is 0 Å². The summed E-state index contributed by atoms with van der Waals surface area (Å²) in [4.78, 5) is 11.1. The first-order chi connectivity index (χ1) is 7.44. The fourth-order valence-electron chi connectivity index (χ4n) is 1.34. The van der Waals surface area contributed by atoms with Gasteiger partial charge in [0.2, 0.25) is 0 Å². The van der Waals surface area contributed by atoms with E-state index in [1.54, 1.807) is 18.4 Å². The van der Waals surface area contributed by atoms with Crippen LogP contribution in [0.1, 0.15) is 12.5 Å². The van der Waals surface area contributed by atoms with Gasteiger partial charge < -0.3 is 4.74 Å². The number of thiophene rings is 1. The summed E-state index contributed by atoms with van der Waals surface area (Å²) in [6.45, 7) is 1.55. The van der Waals surface area contributed by atoms with E-state index in [0.717, 1.165) is 5.56 Å². The van der Waals surface area contributed by atoms with Crippen molar-refractivity contribution >= 4 is 27.1 Å². The predicted molar refractivity (Wildman–Crippen MR) is 63.0 cm³/mol. The summed E-state index contributed by atoms with van der Waals surface area (Å²) in [6.07, 6.45) is 0. The summed E-state index contributed by atoms with van der Waals surface area (Å²) < 4.78 is 27.9. The number of hydrogen-bond donors (Lipinski definition) is 0. The summed E-state index contributed by atoms with van der Waals surface area (Å²) in [7, 11) is -2.00. The minimum Gasteiger partial charge on any atom is -0.469 e. The highest BCUT2D eigenvalue weighted by atomic mass is 32.2. The van der Waals surface area contributed by atoms with Crippen molar-refractivity contribution in [1.29, 1.82) is 0 Å². The molecule has 0 aliphatic carbocycles. The van der Waals surface area contributed by atoms with E-state index in [-0.39, 0.29) is 11.5 Å². The highest BCUT2D eigenvalue weighted by Crippen LogP contribution is 2.13. The van der Waals surface area contributed by atoms with Gasteiger partial charge in [0, 0.05) is 0 Å². The van der Waals surface area contributed by atoms with E-state index in [1.807, 2.05) is 5.38 Å². The Bertz CT molecular complexity index is 433. The van der Waals surface area contributed by atoms with E-state index < -0.39 is 21.7 Å². The molecule has 6 heteroatoms. The number of carbonyl (C=O) groups excluding carboxylic acids is 1. The molecule has 0 saturated carbocycles. The molecule has 0 radical (unpaired) electrons. The van der Waals surface area contributed by atoms with Crippen molar-refractivity contribution in [3.8, 4) is 0 Å². The van der Waals surface area contributed by atoms with Gasteiger partial charge in [0.25, 0.3) is 0 Å². The van der Waals surface area contributed by atoms with Crippen LogP contribution in [0.3, 0.4) is 0 Å². The molecule has 0 spiro atoms. The lowest BCUT2D eigenvalue weighted by Gasteiger charge is -2.09. The van der Waals surface area contributed by atoms with Crippen LogP contribution in [-0.4, -0.2) is 27.2 Å². The third kappa shape index (κ3) is 3.94. The molecule has 1 aromatic heterocycles. The molecule has 0 aliphatic rings. The van der Waals surface area contributed by atoms with E-state index in [9.17, 15) is 13.2 Å². The van der Waals surface area contributed by atoms with Crippen LogP contribution in [0.15, 0.2) is 16.8 Å². The Kier molecular flexibility index (Phi) is 4.49. The fourth-order valence-corrected chi connectivity index (χ4v) is 3.82. The third-order valence-corrected chi connectivity index (χ3v) is 4.59. The summed E-state index contributed by atoms with van der Waals surface area (Å²) in [5, 5.41) is 3.62. The van der Waals surface area contributed by atoms with Crippen molar-refractivity contribution in [2.45, 2.75) is 12.7 Å². The van der Waals surface area contributed by atoms with Gasteiger partial charge in [-0.2, -0.15) is 11.3 Å². The molecule has 90 valence electrons. The van der Waals surface area contributed by atoms with Crippen molar-refractivity contribution in [2.24, 2.45) is 5.92 Å². The van der Waals surface area contributed by atoms with Crippen LogP contribution in [0.4, 0.5) is 0 Å². The summed E-state index contributed by atoms with van der Waals surface area (Å²) in [5.74, 6) is -1.30. The molecule has 0 aromatic carbocycles. The van der Waals surface area contributed by atoms with Crippen LogP contribution in [0.5, 0.6) is 0 Å². The zero-order valence-corrected chi connectivity index (χ0v) is 10.8. The Labute approximate surface area is 99.2 Å². The maximum Gasteiger partial charge on any atom is 0.309 e. The Morgan fingerprint density at radius 3 is 2.75 bits per heavy atom. The van der Waals surface area contributed by atoms with Crippen molar-refractivity contribution in [1.82, 2.24) is 0 Å². The number of carbonyl (C=O) groups is 1. The Morgan fingerprint density at radius 1 is 1.56 bits per heavy atom. The Hall–Kier alpha value is -0.880. The van der Waals surface area contributed by atoms with Gasteiger partial charge in [-0.15, -0.1) is 0 Å². The first-order valence-electron chi connectivity index (χ1n) is 4.74. The minimum atomic E-state index is -3.25. The molecular formula is C10H14O4S2. The molecule has 0 saturated heterocycles.